The number of piperazine rings is 1. The van der Waals surface area contributed by atoms with Crippen LogP contribution in [0, 0.1) is 17.5 Å². The fourth-order valence-electron chi connectivity index (χ4n) is 4.04. The van der Waals surface area contributed by atoms with Crippen LogP contribution in [0.1, 0.15) is 17.2 Å². The minimum Gasteiger partial charge on any atom is -0.468 e. The van der Waals surface area contributed by atoms with Crippen LogP contribution in [0.5, 0.6) is 0 Å². The van der Waals surface area contributed by atoms with Crippen molar-refractivity contribution >= 4 is 18.2 Å². The van der Waals surface area contributed by atoms with Crippen LogP contribution in [-0.4, -0.2) is 63.4 Å². The van der Waals surface area contributed by atoms with Gasteiger partial charge in [0.05, 0.1) is 19.5 Å². The van der Waals surface area contributed by atoms with Gasteiger partial charge in [0.2, 0.25) is 4.77 Å². The van der Waals surface area contributed by atoms with Gasteiger partial charge in [-0.1, -0.05) is 30.3 Å². The lowest BCUT2D eigenvalue weighted by atomic mass is 10.0. The highest BCUT2D eigenvalue weighted by atomic mass is 32.1. The van der Waals surface area contributed by atoms with Crippen LogP contribution in [-0.2, 0) is 16.2 Å². The Balaban J connectivity index is 1.44. The Labute approximate surface area is 191 Å². The Bertz CT molecular complexity index is 1140. The second-order valence-electron chi connectivity index (χ2n) is 7.84. The number of esters is 1. The predicted molar refractivity (Wildman–Crippen MR) is 121 cm³/mol. The molecule has 0 N–H and O–H groups in total. The molecule has 4 rings (SSSR count). The first-order valence-electron chi connectivity index (χ1n) is 10.5. The molecular weight excluding hydrogens is 429 g/mol. The molecule has 0 unspecified atom stereocenters. The molecule has 0 radical (unpaired) electrons. The van der Waals surface area contributed by atoms with E-state index in [0.717, 1.165) is 29.9 Å². The molecule has 0 aliphatic carbocycles. The molecule has 2 heterocycles. The SMILES string of the molecule is COC(=O)[C@H](c1ccc(F)cc1)N1CCN(Cn2ncn(-c3ccccc3C)c2=S)CC1. The molecule has 0 bridgehead atoms. The number of rotatable bonds is 6. The van der Waals surface area contributed by atoms with E-state index >= 15 is 0 Å². The lowest BCUT2D eigenvalue weighted by Crippen LogP contribution is -2.49. The monoisotopic (exact) mass is 455 g/mol. The third-order valence-corrected chi connectivity index (χ3v) is 6.23. The molecule has 0 amide bonds. The molecule has 32 heavy (non-hydrogen) atoms. The first-order valence-corrected chi connectivity index (χ1v) is 10.9. The number of hydrogen-bond donors (Lipinski definition) is 0. The van der Waals surface area contributed by atoms with Gasteiger partial charge in [-0.15, -0.1) is 0 Å². The van der Waals surface area contributed by atoms with Crippen molar-refractivity contribution in [1.29, 1.82) is 0 Å². The second-order valence-corrected chi connectivity index (χ2v) is 8.21. The molecule has 9 heteroatoms. The Kier molecular flexibility index (Phi) is 6.78. The summed E-state index contributed by atoms with van der Waals surface area (Å²) in [4.78, 5) is 16.8. The third-order valence-electron chi connectivity index (χ3n) is 5.82. The number of aromatic nitrogens is 3. The molecule has 1 aliphatic heterocycles. The van der Waals surface area contributed by atoms with Crippen molar-refractivity contribution < 1.29 is 13.9 Å². The van der Waals surface area contributed by atoms with Crippen LogP contribution in [0.25, 0.3) is 5.69 Å². The van der Waals surface area contributed by atoms with Crippen molar-refractivity contribution in [2.45, 2.75) is 19.6 Å². The average molecular weight is 456 g/mol. The largest absolute Gasteiger partial charge is 0.468 e. The van der Waals surface area contributed by atoms with Crippen molar-refractivity contribution in [2.24, 2.45) is 0 Å². The number of carbonyl (C=O) groups is 1. The van der Waals surface area contributed by atoms with E-state index in [1.165, 1.54) is 19.2 Å². The molecule has 1 fully saturated rings. The molecule has 0 saturated carbocycles. The minimum absolute atomic E-state index is 0.330. The third kappa shape index (κ3) is 4.64. The van der Waals surface area contributed by atoms with Crippen molar-refractivity contribution in [1.82, 2.24) is 24.1 Å². The summed E-state index contributed by atoms with van der Waals surface area (Å²) in [5, 5.41) is 4.49. The molecule has 1 saturated heterocycles. The lowest BCUT2D eigenvalue weighted by Gasteiger charge is -2.38. The summed E-state index contributed by atoms with van der Waals surface area (Å²) in [6.45, 7) is 5.45. The van der Waals surface area contributed by atoms with Crippen LogP contribution >= 0.6 is 12.2 Å². The van der Waals surface area contributed by atoms with Crippen molar-refractivity contribution in [3.05, 3.63) is 76.6 Å². The van der Waals surface area contributed by atoms with E-state index in [0.29, 0.717) is 24.5 Å². The van der Waals surface area contributed by atoms with E-state index in [2.05, 4.69) is 14.9 Å². The van der Waals surface area contributed by atoms with Gasteiger partial charge in [0.15, 0.2) is 0 Å². The molecule has 0 spiro atoms. The van der Waals surface area contributed by atoms with Crippen molar-refractivity contribution in [2.75, 3.05) is 33.3 Å². The van der Waals surface area contributed by atoms with E-state index < -0.39 is 6.04 Å². The van der Waals surface area contributed by atoms with E-state index in [4.69, 9.17) is 17.0 Å². The number of methoxy groups -OCH3 is 1. The number of para-hydroxylation sites is 1. The smallest absolute Gasteiger partial charge is 0.327 e. The molecule has 1 aliphatic rings. The van der Waals surface area contributed by atoms with Gasteiger partial charge in [0, 0.05) is 26.2 Å². The second kappa shape index (κ2) is 9.72. The maximum absolute atomic E-state index is 13.3. The zero-order chi connectivity index (χ0) is 22.7. The highest BCUT2D eigenvalue weighted by Crippen LogP contribution is 2.24. The number of benzene rings is 2. The number of carbonyl (C=O) groups excluding carboxylic acids is 1. The summed E-state index contributed by atoms with van der Waals surface area (Å²) >= 11 is 5.66. The van der Waals surface area contributed by atoms with Crippen LogP contribution in [0.4, 0.5) is 4.39 Å². The molecule has 7 nitrogen and oxygen atoms in total. The standard InChI is InChI=1S/C23H26FN5O2S/c1-17-5-3-4-6-20(17)28-15-25-29(23(28)32)16-26-11-13-27(14-12-26)21(22(30)31-2)18-7-9-19(24)10-8-18/h3-10,15,21H,11-14,16H2,1-2H3/t21-/m0/s1. The maximum atomic E-state index is 13.3. The quantitative estimate of drug-likeness (QED) is 0.420. The molecular formula is C23H26FN5O2S. The fourth-order valence-corrected chi connectivity index (χ4v) is 4.29. The molecule has 1 atom stereocenters. The summed E-state index contributed by atoms with van der Waals surface area (Å²) in [6.07, 6.45) is 1.75. The maximum Gasteiger partial charge on any atom is 0.327 e. The van der Waals surface area contributed by atoms with E-state index in [-0.39, 0.29) is 11.8 Å². The first-order chi connectivity index (χ1) is 15.5. The number of nitrogens with zero attached hydrogens (tertiary/aromatic N) is 5. The van der Waals surface area contributed by atoms with E-state index in [1.807, 2.05) is 40.4 Å². The molecule has 1 aromatic heterocycles. The number of ether oxygens (including phenoxy) is 1. The Hall–Kier alpha value is -2.88. The zero-order valence-corrected chi connectivity index (χ0v) is 19.0. The Morgan fingerprint density at radius 2 is 1.81 bits per heavy atom. The summed E-state index contributed by atoms with van der Waals surface area (Å²) in [5.41, 5.74) is 2.88. The lowest BCUT2D eigenvalue weighted by molar-refractivity contribution is -0.148. The van der Waals surface area contributed by atoms with Crippen LogP contribution in [0.3, 0.4) is 0 Å². The first kappa shape index (κ1) is 22.3. The van der Waals surface area contributed by atoms with Gasteiger partial charge in [0.25, 0.3) is 0 Å². The minimum atomic E-state index is -0.551. The predicted octanol–water partition coefficient (Wildman–Crippen LogP) is 3.34. The Morgan fingerprint density at radius 3 is 2.47 bits per heavy atom. The summed E-state index contributed by atoms with van der Waals surface area (Å²) in [6, 6.07) is 13.5. The number of hydrogen-bond acceptors (Lipinski definition) is 6. The summed E-state index contributed by atoms with van der Waals surface area (Å²) < 4.78 is 22.7. The molecule has 3 aromatic rings. The van der Waals surface area contributed by atoms with Crippen LogP contribution in [0.15, 0.2) is 54.9 Å². The van der Waals surface area contributed by atoms with Gasteiger partial charge in [-0.2, -0.15) is 5.10 Å². The number of aryl methyl sites for hydroxylation is 1. The number of halogens is 1. The van der Waals surface area contributed by atoms with Crippen molar-refractivity contribution in [3.8, 4) is 5.69 Å². The van der Waals surface area contributed by atoms with Crippen LogP contribution < -0.4 is 0 Å². The Morgan fingerprint density at radius 1 is 1.12 bits per heavy atom. The molecule has 168 valence electrons. The van der Waals surface area contributed by atoms with Crippen molar-refractivity contribution in [3.63, 3.8) is 0 Å². The summed E-state index contributed by atoms with van der Waals surface area (Å²) in [7, 11) is 1.38. The van der Waals surface area contributed by atoms with Gasteiger partial charge in [-0.25, -0.2) is 13.9 Å². The topological polar surface area (TPSA) is 55.5 Å². The normalized spacial score (nSPS) is 16.1. The van der Waals surface area contributed by atoms with Crippen LogP contribution in [0.2, 0.25) is 0 Å². The van der Waals surface area contributed by atoms with Gasteiger partial charge < -0.3 is 4.74 Å². The van der Waals surface area contributed by atoms with E-state index in [1.54, 1.807) is 18.5 Å². The highest BCUT2D eigenvalue weighted by molar-refractivity contribution is 7.71. The summed E-state index contributed by atoms with van der Waals surface area (Å²) in [5.74, 6) is -0.673. The van der Waals surface area contributed by atoms with Gasteiger partial charge in [-0.3, -0.25) is 14.4 Å². The van der Waals surface area contributed by atoms with Gasteiger partial charge in [-0.05, 0) is 48.5 Å². The average Bonchev–Trinajstić information content (AvgIpc) is 3.16. The van der Waals surface area contributed by atoms with E-state index in [9.17, 15) is 9.18 Å². The van der Waals surface area contributed by atoms with Gasteiger partial charge >= 0.3 is 5.97 Å². The zero-order valence-electron chi connectivity index (χ0n) is 18.1. The fraction of sp³-hybridized carbons (Fsp3) is 0.348. The highest BCUT2D eigenvalue weighted by Gasteiger charge is 2.31. The molecule has 2 aromatic carbocycles. The van der Waals surface area contributed by atoms with Gasteiger partial charge in [0.1, 0.15) is 18.2 Å².